The van der Waals surface area contributed by atoms with Gasteiger partial charge in [-0.05, 0) is 19.1 Å². The number of aromatic nitrogens is 1. The largest absolute Gasteiger partial charge is 0.436 e. The Balaban J connectivity index is 2.45. The zero-order valence-electron chi connectivity index (χ0n) is 13.2. The molecule has 1 aromatic heterocycles. The highest BCUT2D eigenvalue weighted by Crippen LogP contribution is 2.34. The summed E-state index contributed by atoms with van der Waals surface area (Å²) in [6.07, 6.45) is -5.86. The molecule has 0 bridgehead atoms. The summed E-state index contributed by atoms with van der Waals surface area (Å²) in [7, 11) is 1.40. The Hall–Kier alpha value is -2.36. The van der Waals surface area contributed by atoms with Gasteiger partial charge in [-0.2, -0.15) is 13.2 Å². The van der Waals surface area contributed by atoms with Gasteiger partial charge in [-0.1, -0.05) is 0 Å². The van der Waals surface area contributed by atoms with E-state index in [1.165, 1.54) is 7.05 Å². The number of ether oxygens (including phenoxy) is 2. The lowest BCUT2D eigenvalue weighted by Gasteiger charge is -2.25. The van der Waals surface area contributed by atoms with Crippen molar-refractivity contribution >= 4 is 17.8 Å². The Labute approximate surface area is 135 Å². The van der Waals surface area contributed by atoms with E-state index in [1.54, 1.807) is 6.92 Å². The van der Waals surface area contributed by atoms with Crippen LogP contribution in [0.2, 0.25) is 0 Å². The number of nitrogens with zero attached hydrogens (tertiary/aromatic N) is 3. The van der Waals surface area contributed by atoms with Crippen molar-refractivity contribution in [3.8, 4) is 0 Å². The minimum atomic E-state index is -4.59. The second-order valence-electron chi connectivity index (χ2n) is 5.01. The fraction of sp³-hybridized carbons (Fsp3) is 0.500. The van der Waals surface area contributed by atoms with Crippen molar-refractivity contribution in [2.24, 2.45) is 0 Å². The normalized spacial score (nSPS) is 21.3. The zero-order valence-corrected chi connectivity index (χ0v) is 13.2. The van der Waals surface area contributed by atoms with E-state index in [9.17, 15) is 22.8 Å². The van der Waals surface area contributed by atoms with E-state index in [4.69, 9.17) is 9.47 Å². The summed E-state index contributed by atoms with van der Waals surface area (Å²) in [5.41, 5.74) is -0.968. The fourth-order valence-corrected chi connectivity index (χ4v) is 2.31. The summed E-state index contributed by atoms with van der Waals surface area (Å²) < 4.78 is 49.1. The van der Waals surface area contributed by atoms with Crippen molar-refractivity contribution in [2.75, 3.05) is 18.6 Å². The van der Waals surface area contributed by atoms with Crippen LogP contribution in [0.3, 0.4) is 0 Å². The molecule has 2 unspecified atom stereocenters. The Morgan fingerprint density at radius 3 is 2.58 bits per heavy atom. The van der Waals surface area contributed by atoms with Gasteiger partial charge in [0, 0.05) is 26.8 Å². The Morgan fingerprint density at radius 2 is 2.04 bits per heavy atom. The van der Waals surface area contributed by atoms with Crippen LogP contribution in [-0.4, -0.2) is 48.0 Å². The van der Waals surface area contributed by atoms with Crippen LogP contribution in [0.5, 0.6) is 0 Å². The first-order chi connectivity index (χ1) is 11.2. The molecule has 1 aliphatic heterocycles. The molecule has 2 amide bonds. The highest BCUT2D eigenvalue weighted by atomic mass is 19.4. The monoisotopic (exact) mass is 347 g/mol. The van der Waals surface area contributed by atoms with Crippen LogP contribution in [0, 0.1) is 0 Å². The first-order valence-corrected chi connectivity index (χ1v) is 7.05. The maximum absolute atomic E-state index is 12.9. The molecular weight excluding hydrogens is 331 g/mol. The maximum atomic E-state index is 12.9. The molecule has 2 atom stereocenters. The molecule has 0 spiro atoms. The highest BCUT2D eigenvalue weighted by Gasteiger charge is 2.48. The molecule has 132 valence electrons. The molecule has 0 aromatic carbocycles. The topological polar surface area (TPSA) is 72.0 Å². The molecule has 10 heteroatoms. The third kappa shape index (κ3) is 3.42. The highest BCUT2D eigenvalue weighted by molar-refractivity contribution is 5.94. The van der Waals surface area contributed by atoms with Crippen LogP contribution in [-0.2, 0) is 20.4 Å². The smallest absolute Gasteiger partial charge is 0.416 e. The van der Waals surface area contributed by atoms with Gasteiger partial charge >= 0.3 is 18.2 Å². The van der Waals surface area contributed by atoms with E-state index in [2.05, 4.69) is 4.98 Å². The summed E-state index contributed by atoms with van der Waals surface area (Å²) in [6, 6.07) is 0.817. The molecule has 1 aliphatic rings. The Bertz CT molecular complexity index is 638. The van der Waals surface area contributed by atoms with Crippen molar-refractivity contribution in [3.05, 3.63) is 23.9 Å². The lowest BCUT2D eigenvalue weighted by atomic mass is 10.2. The van der Waals surface area contributed by atoms with Crippen molar-refractivity contribution < 1.29 is 32.2 Å². The van der Waals surface area contributed by atoms with Crippen molar-refractivity contribution in [2.45, 2.75) is 32.5 Å². The van der Waals surface area contributed by atoms with Crippen LogP contribution in [0.15, 0.2) is 18.3 Å². The predicted molar refractivity (Wildman–Crippen MR) is 75.8 cm³/mol. The molecular formula is C14H16F3N3O4. The quantitative estimate of drug-likeness (QED) is 0.781. The number of hydrogen-bond acceptors (Lipinski definition) is 5. The lowest BCUT2D eigenvalue weighted by molar-refractivity contribution is -0.157. The lowest BCUT2D eigenvalue weighted by Crippen LogP contribution is -2.42. The molecule has 7 nitrogen and oxygen atoms in total. The molecule has 1 fully saturated rings. The summed E-state index contributed by atoms with van der Waals surface area (Å²) >= 11 is 0. The number of anilines is 1. The van der Waals surface area contributed by atoms with Gasteiger partial charge in [0.1, 0.15) is 5.82 Å². The Kier molecular flexibility index (Phi) is 4.97. The molecule has 0 radical (unpaired) electrons. The first-order valence-electron chi connectivity index (χ1n) is 7.05. The number of alkyl halides is 3. The number of urea groups is 1. The van der Waals surface area contributed by atoms with Gasteiger partial charge in [-0.25, -0.2) is 14.7 Å². The minimum Gasteiger partial charge on any atom is -0.436 e. The third-order valence-electron chi connectivity index (χ3n) is 3.33. The van der Waals surface area contributed by atoms with E-state index in [0.29, 0.717) is 0 Å². The van der Waals surface area contributed by atoms with E-state index in [1.807, 2.05) is 0 Å². The molecule has 1 saturated heterocycles. The molecule has 0 aliphatic carbocycles. The number of halogens is 3. The maximum Gasteiger partial charge on any atom is 0.416 e. The van der Waals surface area contributed by atoms with Crippen LogP contribution >= 0.6 is 0 Å². The number of pyridine rings is 1. The predicted octanol–water partition coefficient (Wildman–Crippen LogP) is 2.22. The van der Waals surface area contributed by atoms with Gasteiger partial charge in [0.05, 0.1) is 5.56 Å². The van der Waals surface area contributed by atoms with Crippen molar-refractivity contribution in [1.29, 1.82) is 0 Å². The number of likely N-dealkylation sites (N-methyl/N-ethyl adjacent to an activating group) is 1. The van der Waals surface area contributed by atoms with Gasteiger partial charge < -0.3 is 9.47 Å². The van der Waals surface area contributed by atoms with Gasteiger partial charge in [0.25, 0.3) is 0 Å². The van der Waals surface area contributed by atoms with Crippen LogP contribution in [0.1, 0.15) is 19.4 Å². The number of carbonyl (C=O) groups excluding carboxylic acids is 2. The second-order valence-corrected chi connectivity index (χ2v) is 5.01. The molecule has 2 heterocycles. The van der Waals surface area contributed by atoms with Gasteiger partial charge in [-0.15, -0.1) is 0 Å². The summed E-state index contributed by atoms with van der Waals surface area (Å²) in [5, 5.41) is 0. The van der Waals surface area contributed by atoms with E-state index in [0.717, 1.165) is 35.1 Å². The van der Waals surface area contributed by atoms with Crippen LogP contribution < -0.4 is 4.90 Å². The average Bonchev–Trinajstić information content (AvgIpc) is 2.71. The third-order valence-corrected chi connectivity index (χ3v) is 3.33. The summed E-state index contributed by atoms with van der Waals surface area (Å²) in [5.74, 6) is -0.986. The Morgan fingerprint density at radius 1 is 1.38 bits per heavy atom. The molecule has 0 N–H and O–H groups in total. The van der Waals surface area contributed by atoms with Crippen LogP contribution in [0.25, 0.3) is 0 Å². The number of hydrogen-bond donors (Lipinski definition) is 0. The van der Waals surface area contributed by atoms with E-state index >= 15 is 0 Å². The molecule has 1 aromatic rings. The van der Waals surface area contributed by atoms with Crippen molar-refractivity contribution in [1.82, 2.24) is 9.88 Å². The first kappa shape index (κ1) is 18.0. The second kappa shape index (κ2) is 6.63. The molecule has 2 rings (SSSR count). The number of esters is 1. The standard InChI is InChI=1S/C14H16F3N3O4/c1-4-23-11-12(24-8(2)21)20(13(22)19(11)3)10-7-9(5-6-18-10)14(15,16)17/h5-7,11-12H,4H2,1-3H3. The summed E-state index contributed by atoms with van der Waals surface area (Å²) in [6.45, 7) is 3.02. The fourth-order valence-electron chi connectivity index (χ4n) is 2.31. The minimum absolute atomic E-state index is 0.212. The van der Waals surface area contributed by atoms with E-state index in [-0.39, 0.29) is 12.4 Å². The molecule has 0 saturated carbocycles. The van der Waals surface area contributed by atoms with E-state index < -0.39 is 36.2 Å². The number of amides is 2. The SMILES string of the molecule is CCOC1C(OC(C)=O)N(c2cc(C(F)(F)F)ccn2)C(=O)N1C. The number of rotatable bonds is 4. The molecule has 24 heavy (non-hydrogen) atoms. The van der Waals surface area contributed by atoms with Gasteiger partial charge in [0.15, 0.2) is 6.23 Å². The number of carbonyl (C=O) groups is 2. The average molecular weight is 347 g/mol. The van der Waals surface area contributed by atoms with Gasteiger partial charge in [0.2, 0.25) is 6.23 Å². The van der Waals surface area contributed by atoms with Crippen molar-refractivity contribution in [3.63, 3.8) is 0 Å². The zero-order chi connectivity index (χ0) is 18.1. The van der Waals surface area contributed by atoms with Crippen LogP contribution in [0.4, 0.5) is 23.8 Å². The van der Waals surface area contributed by atoms with Gasteiger partial charge in [-0.3, -0.25) is 9.69 Å². The summed E-state index contributed by atoms with van der Waals surface area (Å²) in [4.78, 5) is 29.5.